The summed E-state index contributed by atoms with van der Waals surface area (Å²) in [5.74, 6) is 1.97. The Kier molecular flexibility index (Phi) is 3.28. The number of aryl methyl sites for hydroxylation is 1. The van der Waals surface area contributed by atoms with Crippen molar-refractivity contribution in [2.45, 2.75) is 71.3 Å². The molecule has 4 aliphatic rings. The highest BCUT2D eigenvalue weighted by Crippen LogP contribution is 2.66. The second-order valence-electron chi connectivity index (χ2n) is 8.67. The number of thiophene rings is 1. The van der Waals surface area contributed by atoms with Gasteiger partial charge in [0.05, 0.1) is 0 Å². The van der Waals surface area contributed by atoms with Crippen LogP contribution in [0, 0.1) is 22.7 Å². The van der Waals surface area contributed by atoms with E-state index in [4.69, 9.17) is 5.73 Å². The fourth-order valence-electron chi connectivity index (χ4n) is 6.39. The smallest absolute Gasteiger partial charge is 0.0144 e. The van der Waals surface area contributed by atoms with Crippen LogP contribution in [-0.2, 0) is 12.8 Å². The standard InChI is InChI=1S/C19H29NS/c1-3-15-4-5-16(21-15)7-17(20)19-10-13-6-14(11-19)9-18(2,8-13)12-19/h4-5,13-14,17H,3,6-12,20H2,1-2H3. The predicted molar refractivity (Wildman–Crippen MR) is 90.6 cm³/mol. The summed E-state index contributed by atoms with van der Waals surface area (Å²) in [4.78, 5) is 3.02. The molecule has 1 aromatic rings. The van der Waals surface area contributed by atoms with E-state index in [1.165, 1.54) is 48.3 Å². The molecule has 1 nitrogen and oxygen atoms in total. The van der Waals surface area contributed by atoms with Crippen LogP contribution in [0.4, 0.5) is 0 Å². The van der Waals surface area contributed by atoms with E-state index in [2.05, 4.69) is 26.0 Å². The molecule has 3 atom stereocenters. The summed E-state index contributed by atoms with van der Waals surface area (Å²) in [6.45, 7) is 4.79. The summed E-state index contributed by atoms with van der Waals surface area (Å²) >= 11 is 1.98. The van der Waals surface area contributed by atoms with Crippen molar-refractivity contribution in [1.82, 2.24) is 0 Å². The molecule has 0 spiro atoms. The highest BCUT2D eigenvalue weighted by atomic mass is 32.1. The Morgan fingerprint density at radius 2 is 1.86 bits per heavy atom. The van der Waals surface area contributed by atoms with E-state index < -0.39 is 0 Å². The second kappa shape index (κ2) is 4.83. The molecule has 0 aromatic carbocycles. The maximum absolute atomic E-state index is 6.82. The lowest BCUT2D eigenvalue weighted by atomic mass is 9.43. The van der Waals surface area contributed by atoms with Crippen molar-refractivity contribution in [3.8, 4) is 0 Å². The first-order chi connectivity index (χ1) is 10.0. The van der Waals surface area contributed by atoms with Gasteiger partial charge in [-0.05, 0) is 86.2 Å². The SMILES string of the molecule is CCc1ccc(CC(N)C23CC4CC(CC(C)(C4)C2)C3)s1. The molecular formula is C19H29NS. The van der Waals surface area contributed by atoms with E-state index >= 15 is 0 Å². The van der Waals surface area contributed by atoms with Crippen LogP contribution in [0.3, 0.4) is 0 Å². The normalized spacial score (nSPS) is 42.4. The van der Waals surface area contributed by atoms with Crippen LogP contribution in [0.1, 0.15) is 62.1 Å². The molecular weight excluding hydrogens is 274 g/mol. The summed E-state index contributed by atoms with van der Waals surface area (Å²) in [5, 5.41) is 0. The first kappa shape index (κ1) is 14.3. The van der Waals surface area contributed by atoms with E-state index in [1.807, 2.05) is 11.3 Å². The largest absolute Gasteiger partial charge is 0.327 e. The molecule has 1 aromatic heterocycles. The van der Waals surface area contributed by atoms with Gasteiger partial charge in [0.15, 0.2) is 0 Å². The zero-order valence-corrected chi connectivity index (χ0v) is 14.3. The van der Waals surface area contributed by atoms with E-state index in [-0.39, 0.29) is 0 Å². The zero-order chi connectivity index (χ0) is 14.7. The van der Waals surface area contributed by atoms with Gasteiger partial charge in [0, 0.05) is 15.8 Å². The van der Waals surface area contributed by atoms with Gasteiger partial charge < -0.3 is 5.73 Å². The number of hydrogen-bond donors (Lipinski definition) is 1. The number of nitrogens with two attached hydrogens (primary N) is 1. The van der Waals surface area contributed by atoms with Crippen molar-refractivity contribution in [1.29, 1.82) is 0 Å². The van der Waals surface area contributed by atoms with Crippen molar-refractivity contribution < 1.29 is 0 Å². The van der Waals surface area contributed by atoms with Crippen molar-refractivity contribution in [2.75, 3.05) is 0 Å². The van der Waals surface area contributed by atoms with Gasteiger partial charge >= 0.3 is 0 Å². The lowest BCUT2D eigenvalue weighted by Crippen LogP contribution is -2.58. The molecule has 0 amide bonds. The summed E-state index contributed by atoms with van der Waals surface area (Å²) in [7, 11) is 0. The molecule has 4 bridgehead atoms. The van der Waals surface area contributed by atoms with Gasteiger partial charge in [-0.15, -0.1) is 11.3 Å². The molecule has 116 valence electrons. The Morgan fingerprint density at radius 3 is 2.43 bits per heavy atom. The fraction of sp³-hybridized carbons (Fsp3) is 0.789. The van der Waals surface area contributed by atoms with Crippen molar-refractivity contribution in [3.63, 3.8) is 0 Å². The Balaban J connectivity index is 1.54. The summed E-state index contributed by atoms with van der Waals surface area (Å²) < 4.78 is 0. The maximum Gasteiger partial charge on any atom is 0.0144 e. The molecule has 1 heterocycles. The number of hydrogen-bond acceptors (Lipinski definition) is 2. The third-order valence-electron chi connectivity index (χ3n) is 6.67. The number of rotatable bonds is 4. The molecule has 21 heavy (non-hydrogen) atoms. The first-order valence-electron chi connectivity index (χ1n) is 8.83. The van der Waals surface area contributed by atoms with Gasteiger partial charge in [0.2, 0.25) is 0 Å². The Hall–Kier alpha value is -0.340. The van der Waals surface area contributed by atoms with Crippen molar-refractivity contribution >= 4 is 11.3 Å². The van der Waals surface area contributed by atoms with Crippen LogP contribution in [0.15, 0.2) is 12.1 Å². The highest BCUT2D eigenvalue weighted by molar-refractivity contribution is 7.11. The van der Waals surface area contributed by atoms with Crippen LogP contribution in [0.5, 0.6) is 0 Å². The minimum atomic E-state index is 0.381. The molecule has 5 rings (SSSR count). The van der Waals surface area contributed by atoms with Gasteiger partial charge in [-0.3, -0.25) is 0 Å². The molecule has 2 N–H and O–H groups in total. The highest BCUT2D eigenvalue weighted by Gasteiger charge is 2.57. The third-order valence-corrected chi connectivity index (χ3v) is 7.92. The molecule has 0 saturated heterocycles. The van der Waals surface area contributed by atoms with Crippen LogP contribution in [0.2, 0.25) is 0 Å². The van der Waals surface area contributed by atoms with Gasteiger partial charge in [0.25, 0.3) is 0 Å². The molecule has 0 aliphatic heterocycles. The molecule has 4 fully saturated rings. The minimum absolute atomic E-state index is 0.381. The Labute approximate surface area is 133 Å². The van der Waals surface area contributed by atoms with E-state index in [0.29, 0.717) is 16.9 Å². The van der Waals surface area contributed by atoms with Crippen LogP contribution in [-0.4, -0.2) is 6.04 Å². The zero-order valence-electron chi connectivity index (χ0n) is 13.5. The van der Waals surface area contributed by atoms with E-state index in [9.17, 15) is 0 Å². The maximum atomic E-state index is 6.82. The fourth-order valence-corrected chi connectivity index (χ4v) is 7.40. The molecule has 0 radical (unpaired) electrons. The second-order valence-corrected chi connectivity index (χ2v) is 9.92. The lowest BCUT2D eigenvalue weighted by Gasteiger charge is -2.63. The summed E-state index contributed by atoms with van der Waals surface area (Å²) in [5.41, 5.74) is 7.91. The topological polar surface area (TPSA) is 26.0 Å². The first-order valence-corrected chi connectivity index (χ1v) is 9.65. The quantitative estimate of drug-likeness (QED) is 0.850. The Morgan fingerprint density at radius 1 is 1.19 bits per heavy atom. The van der Waals surface area contributed by atoms with E-state index in [1.54, 1.807) is 0 Å². The minimum Gasteiger partial charge on any atom is -0.327 e. The van der Waals surface area contributed by atoms with Gasteiger partial charge in [-0.25, -0.2) is 0 Å². The van der Waals surface area contributed by atoms with Crippen molar-refractivity contribution in [3.05, 3.63) is 21.9 Å². The average Bonchev–Trinajstić information content (AvgIpc) is 2.83. The third kappa shape index (κ3) is 2.39. The lowest BCUT2D eigenvalue weighted by molar-refractivity contribution is -0.112. The van der Waals surface area contributed by atoms with Gasteiger partial charge in [0.1, 0.15) is 0 Å². The monoisotopic (exact) mass is 303 g/mol. The van der Waals surface area contributed by atoms with Gasteiger partial charge in [-0.1, -0.05) is 13.8 Å². The van der Waals surface area contributed by atoms with E-state index in [0.717, 1.165) is 24.7 Å². The van der Waals surface area contributed by atoms with Crippen molar-refractivity contribution in [2.24, 2.45) is 28.4 Å². The van der Waals surface area contributed by atoms with Gasteiger partial charge in [-0.2, -0.15) is 0 Å². The predicted octanol–water partition coefficient (Wildman–Crippen LogP) is 4.79. The Bertz CT molecular complexity index is 517. The van der Waals surface area contributed by atoms with Crippen LogP contribution < -0.4 is 5.73 Å². The average molecular weight is 304 g/mol. The molecule has 4 saturated carbocycles. The van der Waals surface area contributed by atoms with Crippen LogP contribution >= 0.6 is 11.3 Å². The summed E-state index contributed by atoms with van der Waals surface area (Å²) in [6, 6.07) is 5.00. The summed E-state index contributed by atoms with van der Waals surface area (Å²) in [6.07, 6.45) is 11.0. The molecule has 3 unspecified atom stereocenters. The molecule has 4 aliphatic carbocycles. The molecule has 2 heteroatoms. The van der Waals surface area contributed by atoms with Crippen LogP contribution in [0.25, 0.3) is 0 Å².